The summed E-state index contributed by atoms with van der Waals surface area (Å²) in [6.45, 7) is 3.90. The number of carbonyl (C=O) groups is 1. The third kappa shape index (κ3) is 1.68. The quantitative estimate of drug-likeness (QED) is 0.747. The van der Waals surface area contributed by atoms with Gasteiger partial charge in [-0.25, -0.2) is 0 Å². The molecule has 1 aliphatic heterocycles. The Morgan fingerprint density at radius 2 is 2.06 bits per heavy atom. The van der Waals surface area contributed by atoms with E-state index in [2.05, 4.69) is 11.9 Å². The Morgan fingerprint density at radius 1 is 1.29 bits per heavy atom. The fourth-order valence-electron chi connectivity index (χ4n) is 2.32. The van der Waals surface area contributed by atoms with Crippen molar-refractivity contribution < 1.29 is 4.79 Å². The number of likely N-dealkylation sites (tertiary alicyclic amines) is 1. The molecule has 0 atom stereocenters. The average Bonchev–Trinajstić information content (AvgIpc) is 2.33. The molecule has 0 spiro atoms. The number of nitrogens with zero attached hydrogens (tertiary/aromatic N) is 2. The van der Waals surface area contributed by atoms with Crippen molar-refractivity contribution in [2.24, 2.45) is 5.92 Å². The van der Waals surface area contributed by atoms with Gasteiger partial charge in [0.15, 0.2) is 0 Å². The van der Waals surface area contributed by atoms with Gasteiger partial charge in [-0.05, 0) is 18.1 Å². The molecule has 1 fully saturated rings. The zero-order valence-corrected chi connectivity index (χ0v) is 9.76. The first-order valence-corrected chi connectivity index (χ1v) is 5.89. The number of para-hydroxylation sites is 1. The molecular weight excluding hydrogens is 212 g/mol. The minimum atomic E-state index is 0.127. The van der Waals surface area contributed by atoms with Gasteiger partial charge in [0.05, 0.1) is 11.1 Å². The summed E-state index contributed by atoms with van der Waals surface area (Å²) in [5, 5.41) is 0.944. The molecule has 1 aliphatic rings. The summed E-state index contributed by atoms with van der Waals surface area (Å²) in [4.78, 5) is 18.5. The van der Waals surface area contributed by atoms with E-state index in [9.17, 15) is 4.79 Å². The summed E-state index contributed by atoms with van der Waals surface area (Å²) in [5.41, 5.74) is 1.65. The largest absolute Gasteiger partial charge is 0.338 e. The smallest absolute Gasteiger partial charge is 0.254 e. The van der Waals surface area contributed by atoms with E-state index >= 15 is 0 Å². The van der Waals surface area contributed by atoms with E-state index < -0.39 is 0 Å². The lowest BCUT2D eigenvalue weighted by Gasteiger charge is -2.37. The van der Waals surface area contributed by atoms with Gasteiger partial charge in [0.1, 0.15) is 0 Å². The van der Waals surface area contributed by atoms with Crippen LogP contribution in [0.2, 0.25) is 0 Å². The summed E-state index contributed by atoms with van der Waals surface area (Å²) in [6, 6.07) is 9.59. The molecule has 0 saturated carbocycles. The minimum absolute atomic E-state index is 0.127. The van der Waals surface area contributed by atoms with Gasteiger partial charge in [-0.3, -0.25) is 9.78 Å². The molecule has 86 valence electrons. The van der Waals surface area contributed by atoms with Crippen LogP contribution in [0.1, 0.15) is 17.3 Å². The van der Waals surface area contributed by atoms with Gasteiger partial charge in [-0.2, -0.15) is 0 Å². The van der Waals surface area contributed by atoms with Crippen LogP contribution in [0.5, 0.6) is 0 Å². The van der Waals surface area contributed by atoms with Gasteiger partial charge in [0.2, 0.25) is 0 Å². The number of amides is 1. The van der Waals surface area contributed by atoms with Crippen molar-refractivity contribution in [3.05, 3.63) is 42.1 Å². The Labute approximate surface area is 100 Å². The molecule has 0 N–H and O–H groups in total. The van der Waals surface area contributed by atoms with Crippen molar-refractivity contribution in [1.82, 2.24) is 9.88 Å². The van der Waals surface area contributed by atoms with Gasteiger partial charge in [0, 0.05) is 24.7 Å². The van der Waals surface area contributed by atoms with Crippen molar-refractivity contribution in [3.8, 4) is 0 Å². The van der Waals surface area contributed by atoms with Crippen LogP contribution in [0.3, 0.4) is 0 Å². The molecular formula is C14H14N2O. The van der Waals surface area contributed by atoms with Crippen molar-refractivity contribution in [2.75, 3.05) is 13.1 Å². The molecule has 17 heavy (non-hydrogen) atoms. The highest BCUT2D eigenvalue weighted by molar-refractivity contribution is 6.06. The molecule has 3 nitrogen and oxygen atoms in total. The van der Waals surface area contributed by atoms with E-state index in [1.165, 1.54) is 0 Å². The predicted molar refractivity (Wildman–Crippen MR) is 66.8 cm³/mol. The Kier molecular flexibility index (Phi) is 2.32. The lowest BCUT2D eigenvalue weighted by atomic mass is 10.00. The number of hydrogen-bond acceptors (Lipinski definition) is 2. The highest BCUT2D eigenvalue weighted by atomic mass is 16.2. The van der Waals surface area contributed by atoms with Gasteiger partial charge < -0.3 is 4.90 Å². The van der Waals surface area contributed by atoms with Crippen molar-refractivity contribution in [3.63, 3.8) is 0 Å². The molecule has 0 aliphatic carbocycles. The van der Waals surface area contributed by atoms with Crippen LogP contribution in [-0.4, -0.2) is 28.9 Å². The van der Waals surface area contributed by atoms with Crippen molar-refractivity contribution in [1.29, 1.82) is 0 Å². The molecule has 1 saturated heterocycles. The Bertz CT molecular complexity index is 568. The molecule has 2 aromatic rings. The lowest BCUT2D eigenvalue weighted by Crippen LogP contribution is -2.48. The zero-order chi connectivity index (χ0) is 11.8. The first kappa shape index (κ1) is 10.3. The molecule has 3 rings (SSSR count). The Morgan fingerprint density at radius 3 is 2.82 bits per heavy atom. The summed E-state index contributed by atoms with van der Waals surface area (Å²) < 4.78 is 0. The highest BCUT2D eigenvalue weighted by Crippen LogP contribution is 2.22. The third-order valence-corrected chi connectivity index (χ3v) is 3.23. The van der Waals surface area contributed by atoms with Crippen LogP contribution in [-0.2, 0) is 0 Å². The van der Waals surface area contributed by atoms with Crippen LogP contribution in [0, 0.1) is 5.92 Å². The lowest BCUT2D eigenvalue weighted by molar-refractivity contribution is 0.0532. The van der Waals surface area contributed by atoms with Crippen molar-refractivity contribution in [2.45, 2.75) is 6.92 Å². The van der Waals surface area contributed by atoms with Crippen LogP contribution in [0.4, 0.5) is 0 Å². The van der Waals surface area contributed by atoms with Crippen LogP contribution in [0.15, 0.2) is 36.5 Å². The van der Waals surface area contributed by atoms with Gasteiger partial charge >= 0.3 is 0 Å². The average molecular weight is 226 g/mol. The summed E-state index contributed by atoms with van der Waals surface area (Å²) in [7, 11) is 0. The molecule has 3 heteroatoms. The van der Waals surface area contributed by atoms with Gasteiger partial charge in [-0.15, -0.1) is 0 Å². The number of rotatable bonds is 1. The molecule has 0 radical (unpaired) electrons. The fraction of sp³-hybridized carbons (Fsp3) is 0.286. The molecule has 0 unspecified atom stereocenters. The van der Waals surface area contributed by atoms with E-state index in [1.807, 2.05) is 35.2 Å². The number of hydrogen-bond donors (Lipinski definition) is 0. The van der Waals surface area contributed by atoms with E-state index in [0.717, 1.165) is 29.6 Å². The number of aromatic nitrogens is 1. The van der Waals surface area contributed by atoms with E-state index in [4.69, 9.17) is 0 Å². The molecule has 0 bridgehead atoms. The molecule has 1 aromatic heterocycles. The van der Waals surface area contributed by atoms with Crippen LogP contribution in [0.25, 0.3) is 10.9 Å². The van der Waals surface area contributed by atoms with Crippen LogP contribution >= 0.6 is 0 Å². The Balaban J connectivity index is 2.02. The third-order valence-electron chi connectivity index (χ3n) is 3.23. The number of fused-ring (bicyclic) bond motifs is 1. The van der Waals surface area contributed by atoms with Gasteiger partial charge in [0.25, 0.3) is 5.91 Å². The maximum atomic E-state index is 12.3. The first-order chi connectivity index (χ1) is 8.25. The fourth-order valence-corrected chi connectivity index (χ4v) is 2.32. The topological polar surface area (TPSA) is 33.2 Å². The standard InChI is InChI=1S/C14H14N2O/c1-10-8-16(9-10)14(17)12-6-7-15-13-5-3-2-4-11(12)13/h2-7,10H,8-9H2,1H3. The highest BCUT2D eigenvalue weighted by Gasteiger charge is 2.28. The van der Waals surface area contributed by atoms with Gasteiger partial charge in [-0.1, -0.05) is 25.1 Å². The number of benzene rings is 1. The first-order valence-electron chi connectivity index (χ1n) is 5.89. The molecule has 1 aromatic carbocycles. The normalized spacial score (nSPS) is 15.9. The van der Waals surface area contributed by atoms with E-state index in [0.29, 0.717) is 5.92 Å². The Hall–Kier alpha value is -1.90. The minimum Gasteiger partial charge on any atom is -0.338 e. The summed E-state index contributed by atoms with van der Waals surface area (Å²) in [5.74, 6) is 0.758. The second-order valence-electron chi connectivity index (χ2n) is 4.69. The summed E-state index contributed by atoms with van der Waals surface area (Å²) >= 11 is 0. The second kappa shape index (κ2) is 3.84. The number of pyridine rings is 1. The monoisotopic (exact) mass is 226 g/mol. The predicted octanol–water partition coefficient (Wildman–Crippen LogP) is 2.33. The van der Waals surface area contributed by atoms with Crippen molar-refractivity contribution >= 4 is 16.8 Å². The molecule has 1 amide bonds. The number of carbonyl (C=O) groups excluding carboxylic acids is 1. The SMILES string of the molecule is CC1CN(C(=O)c2ccnc3ccccc23)C1. The second-order valence-corrected chi connectivity index (χ2v) is 4.69. The van der Waals surface area contributed by atoms with E-state index in [1.54, 1.807) is 6.20 Å². The molecule has 2 heterocycles. The zero-order valence-electron chi connectivity index (χ0n) is 9.76. The van der Waals surface area contributed by atoms with E-state index in [-0.39, 0.29) is 5.91 Å². The maximum Gasteiger partial charge on any atom is 0.254 e. The summed E-state index contributed by atoms with van der Waals surface area (Å²) in [6.07, 6.45) is 1.71. The van der Waals surface area contributed by atoms with Crippen LogP contribution < -0.4 is 0 Å². The maximum absolute atomic E-state index is 12.3.